The van der Waals surface area contributed by atoms with Crippen LogP contribution in [0.3, 0.4) is 0 Å². The second-order valence-corrected chi connectivity index (χ2v) is 8.51. The van der Waals surface area contributed by atoms with Crippen molar-refractivity contribution in [2.24, 2.45) is 0 Å². The van der Waals surface area contributed by atoms with E-state index in [0.717, 1.165) is 33.1 Å². The summed E-state index contributed by atoms with van der Waals surface area (Å²) in [5.74, 6) is 1.10. The molecule has 154 valence electrons. The summed E-state index contributed by atoms with van der Waals surface area (Å²) in [6.45, 7) is 2.06. The number of pyridine rings is 1. The van der Waals surface area contributed by atoms with E-state index in [0.29, 0.717) is 10.9 Å². The molecular weight excluding hydrogens is 421 g/mol. The monoisotopic (exact) mass is 441 g/mol. The van der Waals surface area contributed by atoms with Gasteiger partial charge in [0.15, 0.2) is 11.0 Å². The number of thioether (sulfide) groups is 1. The summed E-state index contributed by atoms with van der Waals surface area (Å²) in [6.07, 6.45) is 0. The highest BCUT2D eigenvalue weighted by Crippen LogP contribution is 2.31. The van der Waals surface area contributed by atoms with E-state index in [4.69, 9.17) is 11.6 Å². The molecule has 30 heavy (non-hydrogen) atoms. The Labute approximate surface area is 183 Å². The van der Waals surface area contributed by atoms with Gasteiger partial charge in [-0.2, -0.15) is 0 Å². The van der Waals surface area contributed by atoms with E-state index in [-0.39, 0.29) is 11.9 Å². The Morgan fingerprint density at radius 1 is 1.10 bits per heavy atom. The van der Waals surface area contributed by atoms with Crippen LogP contribution >= 0.6 is 23.4 Å². The van der Waals surface area contributed by atoms with Crippen molar-refractivity contribution in [2.45, 2.75) is 23.9 Å². The summed E-state index contributed by atoms with van der Waals surface area (Å²) in [4.78, 5) is 6.55. The molecule has 0 fully saturated rings. The van der Waals surface area contributed by atoms with Gasteiger partial charge in [-0.3, -0.25) is 9.47 Å². The number of halogens is 2. The van der Waals surface area contributed by atoms with Crippen LogP contribution in [0.15, 0.2) is 59.8 Å². The lowest BCUT2D eigenvalue weighted by Gasteiger charge is -2.20. The molecule has 0 N–H and O–H groups in total. The highest BCUT2D eigenvalue weighted by molar-refractivity contribution is 7.98. The predicted octanol–water partition coefficient (Wildman–Crippen LogP) is 5.52. The van der Waals surface area contributed by atoms with Gasteiger partial charge in [-0.05, 0) is 57.4 Å². The minimum atomic E-state index is -0.280. The van der Waals surface area contributed by atoms with Crippen LogP contribution in [0.5, 0.6) is 0 Å². The molecule has 0 unspecified atom stereocenters. The molecule has 4 rings (SSSR count). The van der Waals surface area contributed by atoms with Crippen molar-refractivity contribution < 1.29 is 4.39 Å². The summed E-state index contributed by atoms with van der Waals surface area (Å²) in [5.41, 5.74) is 2.61. The number of aromatic nitrogens is 4. The van der Waals surface area contributed by atoms with Crippen molar-refractivity contribution >= 4 is 34.3 Å². The van der Waals surface area contributed by atoms with Crippen molar-refractivity contribution in [2.75, 3.05) is 14.1 Å². The van der Waals surface area contributed by atoms with Crippen LogP contribution in [0.2, 0.25) is 5.15 Å². The lowest BCUT2D eigenvalue weighted by molar-refractivity contribution is 0.305. The van der Waals surface area contributed by atoms with Crippen molar-refractivity contribution in [1.82, 2.24) is 24.6 Å². The van der Waals surface area contributed by atoms with Crippen LogP contribution in [0.1, 0.15) is 24.4 Å². The normalized spacial score (nSPS) is 12.6. The molecule has 0 aliphatic carbocycles. The molecule has 2 aromatic heterocycles. The van der Waals surface area contributed by atoms with Crippen molar-refractivity contribution in [3.63, 3.8) is 0 Å². The molecule has 0 saturated heterocycles. The Hall–Kier alpha value is -2.48. The quantitative estimate of drug-likeness (QED) is 0.291. The van der Waals surface area contributed by atoms with Crippen LogP contribution in [0.4, 0.5) is 4.39 Å². The molecule has 0 saturated carbocycles. The fourth-order valence-electron chi connectivity index (χ4n) is 3.09. The van der Waals surface area contributed by atoms with Gasteiger partial charge in [0.25, 0.3) is 0 Å². The fraction of sp³-hybridized carbons (Fsp3) is 0.227. The number of hydrogen-bond acceptors (Lipinski definition) is 5. The van der Waals surface area contributed by atoms with E-state index in [1.165, 1.54) is 23.9 Å². The molecule has 2 aromatic carbocycles. The first kappa shape index (κ1) is 20.8. The van der Waals surface area contributed by atoms with Crippen LogP contribution in [0.25, 0.3) is 16.6 Å². The Morgan fingerprint density at radius 2 is 1.83 bits per heavy atom. The smallest absolute Gasteiger partial charge is 0.196 e. The molecule has 0 aliphatic heterocycles. The first-order chi connectivity index (χ1) is 14.4. The van der Waals surface area contributed by atoms with E-state index >= 15 is 0 Å². The standard InChI is InChI=1S/C22H21ClFN5S/c1-14(28(2)3)21-26-27-22(29(21)18-10-8-17(24)9-11-18)30-13-16-12-15-6-4-5-7-19(15)25-20(16)23/h4-12,14H,13H2,1-3H3/t14-/m0/s1. The van der Waals surface area contributed by atoms with Gasteiger partial charge in [-0.15, -0.1) is 10.2 Å². The van der Waals surface area contributed by atoms with Gasteiger partial charge in [-0.1, -0.05) is 41.6 Å². The van der Waals surface area contributed by atoms with Gasteiger partial charge < -0.3 is 0 Å². The van der Waals surface area contributed by atoms with Crippen LogP contribution in [0, 0.1) is 5.82 Å². The number of benzene rings is 2. The molecular formula is C22H21ClFN5S. The maximum absolute atomic E-state index is 13.5. The van der Waals surface area contributed by atoms with E-state index in [1.807, 2.05) is 42.9 Å². The molecule has 8 heteroatoms. The average Bonchev–Trinajstić information content (AvgIpc) is 3.16. The van der Waals surface area contributed by atoms with Gasteiger partial charge in [0.1, 0.15) is 11.0 Å². The van der Waals surface area contributed by atoms with E-state index < -0.39 is 0 Å². The molecule has 1 atom stereocenters. The third kappa shape index (κ3) is 4.19. The predicted molar refractivity (Wildman–Crippen MR) is 120 cm³/mol. The second-order valence-electron chi connectivity index (χ2n) is 7.21. The summed E-state index contributed by atoms with van der Waals surface area (Å²) in [6, 6.07) is 16.3. The average molecular weight is 442 g/mol. The second kappa shape index (κ2) is 8.71. The topological polar surface area (TPSA) is 46.8 Å². The van der Waals surface area contributed by atoms with Gasteiger partial charge in [0, 0.05) is 22.4 Å². The van der Waals surface area contributed by atoms with Gasteiger partial charge in [0.05, 0.1) is 11.6 Å². The largest absolute Gasteiger partial charge is 0.300 e. The first-order valence-corrected chi connectivity index (χ1v) is 10.8. The molecule has 0 amide bonds. The van der Waals surface area contributed by atoms with Crippen molar-refractivity contribution in [3.8, 4) is 5.69 Å². The third-order valence-electron chi connectivity index (χ3n) is 5.00. The summed E-state index contributed by atoms with van der Waals surface area (Å²) < 4.78 is 15.5. The van der Waals surface area contributed by atoms with Crippen molar-refractivity contribution in [3.05, 3.63) is 77.0 Å². The SMILES string of the molecule is C[C@@H](c1nnc(SCc2cc3ccccc3nc2Cl)n1-c1ccc(F)cc1)N(C)C. The third-order valence-corrected chi connectivity index (χ3v) is 6.30. The van der Waals surface area contributed by atoms with Gasteiger partial charge in [-0.25, -0.2) is 9.37 Å². The Bertz CT molecular complexity index is 1180. The lowest BCUT2D eigenvalue weighted by Crippen LogP contribution is -2.20. The molecule has 2 heterocycles. The molecule has 0 bridgehead atoms. The molecule has 0 radical (unpaired) electrons. The molecule has 0 spiro atoms. The molecule has 5 nitrogen and oxygen atoms in total. The zero-order valence-electron chi connectivity index (χ0n) is 16.9. The number of nitrogens with zero attached hydrogens (tertiary/aromatic N) is 5. The minimum Gasteiger partial charge on any atom is -0.300 e. The Kier molecular flexibility index (Phi) is 6.04. The zero-order chi connectivity index (χ0) is 21.3. The molecule has 4 aromatic rings. The fourth-order valence-corrected chi connectivity index (χ4v) is 4.31. The highest BCUT2D eigenvalue weighted by Gasteiger charge is 2.21. The van der Waals surface area contributed by atoms with Gasteiger partial charge >= 0.3 is 0 Å². The number of rotatable bonds is 6. The number of hydrogen-bond donors (Lipinski definition) is 0. The lowest BCUT2D eigenvalue weighted by atomic mass is 10.2. The summed E-state index contributed by atoms with van der Waals surface area (Å²) in [5, 5.41) is 11.1. The Morgan fingerprint density at radius 3 is 2.57 bits per heavy atom. The highest BCUT2D eigenvalue weighted by atomic mass is 35.5. The first-order valence-electron chi connectivity index (χ1n) is 9.48. The summed E-state index contributed by atoms with van der Waals surface area (Å²) >= 11 is 7.95. The molecule has 0 aliphatic rings. The zero-order valence-corrected chi connectivity index (χ0v) is 18.5. The van der Waals surface area contributed by atoms with E-state index in [2.05, 4.69) is 33.1 Å². The van der Waals surface area contributed by atoms with Crippen LogP contribution < -0.4 is 0 Å². The maximum atomic E-state index is 13.5. The number of para-hydroxylation sites is 1. The maximum Gasteiger partial charge on any atom is 0.196 e. The summed E-state index contributed by atoms with van der Waals surface area (Å²) in [7, 11) is 3.98. The van der Waals surface area contributed by atoms with Crippen LogP contribution in [-0.2, 0) is 5.75 Å². The minimum absolute atomic E-state index is 0.0304. The van der Waals surface area contributed by atoms with Crippen LogP contribution in [-0.4, -0.2) is 38.7 Å². The number of fused-ring (bicyclic) bond motifs is 1. The Balaban J connectivity index is 1.69. The van der Waals surface area contributed by atoms with E-state index in [1.54, 1.807) is 12.1 Å². The van der Waals surface area contributed by atoms with Crippen molar-refractivity contribution in [1.29, 1.82) is 0 Å². The van der Waals surface area contributed by atoms with Gasteiger partial charge in [0.2, 0.25) is 0 Å². The van der Waals surface area contributed by atoms with E-state index in [9.17, 15) is 4.39 Å².